The lowest BCUT2D eigenvalue weighted by Crippen LogP contribution is -2.78. The number of methoxy groups -OCH3 is 3. The number of ether oxygens (including phenoxy) is 12. The predicted molar refractivity (Wildman–Crippen MR) is 271 cm³/mol. The fourth-order valence-electron chi connectivity index (χ4n) is 14.8. The summed E-state index contributed by atoms with van der Waals surface area (Å²) in [5.41, 5.74) is -6.35. The van der Waals surface area contributed by atoms with Crippen molar-refractivity contribution in [3.63, 3.8) is 0 Å². The van der Waals surface area contributed by atoms with E-state index in [0.717, 1.165) is 11.1 Å². The van der Waals surface area contributed by atoms with Gasteiger partial charge in [0.15, 0.2) is 30.9 Å². The molecule has 16 unspecified atom stereocenters. The molecule has 4 aliphatic heterocycles. The van der Waals surface area contributed by atoms with Crippen LogP contribution in [-0.2, 0) is 66.4 Å². The van der Waals surface area contributed by atoms with E-state index in [1.54, 1.807) is 41.3 Å². The molecule has 0 amide bonds. The summed E-state index contributed by atoms with van der Waals surface area (Å²) < 4.78 is 74.7. The van der Waals surface area contributed by atoms with Gasteiger partial charge in [-0.2, -0.15) is 0 Å². The number of hydrogen-bond donors (Lipinski definition) is 5. The summed E-state index contributed by atoms with van der Waals surface area (Å²) in [5.74, 6) is -1.84. The van der Waals surface area contributed by atoms with E-state index in [1.807, 2.05) is 57.2 Å². The van der Waals surface area contributed by atoms with Crippen LogP contribution >= 0.6 is 0 Å². The molecule has 4 saturated heterocycles. The first-order chi connectivity index (χ1) is 36.0. The Morgan fingerprint density at radius 2 is 1.21 bits per heavy atom. The molecule has 0 bridgehead atoms. The zero-order valence-corrected chi connectivity index (χ0v) is 45.8. The average molecular weight is 1070 g/mol. The van der Waals surface area contributed by atoms with Gasteiger partial charge < -0.3 is 82.4 Å². The van der Waals surface area contributed by atoms with Gasteiger partial charge in [0.2, 0.25) is 0 Å². The number of esters is 1. The number of aliphatic hydroxyl groups is 5. The van der Waals surface area contributed by atoms with Crippen molar-refractivity contribution in [2.24, 2.45) is 16.7 Å². The van der Waals surface area contributed by atoms with Crippen molar-refractivity contribution < 1.29 is 92.0 Å². The van der Waals surface area contributed by atoms with Crippen LogP contribution in [0.25, 0.3) is 6.08 Å². The van der Waals surface area contributed by atoms with E-state index in [1.165, 1.54) is 13.0 Å². The minimum Gasteiger partial charge on any atom is -0.458 e. The topological polar surface area (TPSA) is 246 Å². The van der Waals surface area contributed by atoms with E-state index >= 15 is 0 Å². The van der Waals surface area contributed by atoms with E-state index in [9.17, 15) is 35.1 Å². The molecule has 7 fully saturated rings. The lowest BCUT2D eigenvalue weighted by molar-refractivity contribution is -0.346. The molecule has 5 N–H and O–H groups in total. The van der Waals surface area contributed by atoms with Crippen LogP contribution in [0.15, 0.2) is 48.1 Å². The normalized spacial score (nSPS) is 48.6. The number of benzene rings is 1. The van der Waals surface area contributed by atoms with Crippen molar-refractivity contribution in [2.75, 3.05) is 21.3 Å². The highest BCUT2D eigenvalue weighted by atomic mass is 16.8. The van der Waals surface area contributed by atoms with Gasteiger partial charge in [0.25, 0.3) is 0 Å². The Morgan fingerprint density at radius 3 is 1.78 bits per heavy atom. The van der Waals surface area contributed by atoms with Gasteiger partial charge in [-0.05, 0) is 104 Å². The smallest absolute Gasteiger partial charge is 0.331 e. The van der Waals surface area contributed by atoms with E-state index < -0.39 is 144 Å². The summed E-state index contributed by atoms with van der Waals surface area (Å²) in [6, 6.07) is 9.27. The zero-order valence-electron chi connectivity index (χ0n) is 45.8. The van der Waals surface area contributed by atoms with Gasteiger partial charge >= 0.3 is 5.97 Å². The van der Waals surface area contributed by atoms with Gasteiger partial charge in [-0.1, -0.05) is 48.9 Å². The largest absolute Gasteiger partial charge is 0.458 e. The Labute approximate surface area is 446 Å². The molecule has 24 atom stereocenters. The third-order valence-corrected chi connectivity index (χ3v) is 19.3. The molecular formula is C57H84O19. The molecule has 76 heavy (non-hydrogen) atoms. The summed E-state index contributed by atoms with van der Waals surface area (Å²) in [6.45, 7) is 12.3. The molecule has 1 aromatic rings. The average Bonchev–Trinajstić information content (AvgIpc) is 3.72. The van der Waals surface area contributed by atoms with Gasteiger partial charge in [-0.25, -0.2) is 4.79 Å². The second kappa shape index (κ2) is 22.6. The Hall–Kier alpha value is -2.80. The van der Waals surface area contributed by atoms with Gasteiger partial charge in [0.1, 0.15) is 47.3 Å². The minimum atomic E-state index is -2.06. The molecule has 0 spiro atoms. The molecule has 8 aliphatic rings. The quantitative estimate of drug-likeness (QED) is 0.0917. The Balaban J connectivity index is 0.798. The molecule has 0 aromatic heterocycles. The SMILES string of the molecule is COC1CC(OC2C(C)OC(OC3C(C)OC(OC4C(O)CC(O[C@H]5CC[C@@]6(C)C(=CC[C@]7(O)[C@@H]6C[C@@H](OC(=O)C=Cc6ccccc6)[C@@]6(C)[C@]7(O)CC[C@@]6(O)C(C)=O)C5)OC4C)CC3OC)CC2OC)OC(C)C1O. The molecular weight excluding hydrogens is 989 g/mol. The fraction of sp³-hybridized carbons (Fsp3) is 0.789. The van der Waals surface area contributed by atoms with Gasteiger partial charge in [-0.3, -0.25) is 4.79 Å². The number of carbonyl (C=O) groups is 2. The number of aliphatic hydroxyl groups excluding tert-OH is 2. The maximum atomic E-state index is 13.6. The molecule has 1 aromatic carbocycles. The molecule has 19 heteroatoms. The summed E-state index contributed by atoms with van der Waals surface area (Å²) in [6.07, 6.45) is -3.15. The van der Waals surface area contributed by atoms with Crippen LogP contribution in [0.3, 0.4) is 0 Å². The third kappa shape index (κ3) is 10.3. The van der Waals surface area contributed by atoms with Crippen molar-refractivity contribution in [3.05, 3.63) is 53.6 Å². The molecule has 4 aliphatic carbocycles. The Morgan fingerprint density at radius 1 is 0.671 bits per heavy atom. The number of hydrogen-bond acceptors (Lipinski definition) is 19. The first kappa shape index (κ1) is 57.9. The van der Waals surface area contributed by atoms with Crippen LogP contribution in [-0.4, -0.2) is 186 Å². The van der Waals surface area contributed by atoms with E-state index in [2.05, 4.69) is 6.92 Å². The summed E-state index contributed by atoms with van der Waals surface area (Å²) in [4.78, 5) is 26.9. The summed E-state index contributed by atoms with van der Waals surface area (Å²) in [7, 11) is 4.78. The summed E-state index contributed by atoms with van der Waals surface area (Å²) in [5, 5.41) is 60.1. The van der Waals surface area contributed by atoms with E-state index in [-0.39, 0.29) is 44.3 Å². The molecule has 3 saturated carbocycles. The van der Waals surface area contributed by atoms with E-state index in [4.69, 9.17) is 56.8 Å². The van der Waals surface area contributed by atoms with Crippen molar-refractivity contribution >= 4 is 17.8 Å². The van der Waals surface area contributed by atoms with Gasteiger partial charge in [0.05, 0.1) is 60.4 Å². The highest BCUT2D eigenvalue weighted by Gasteiger charge is 2.81. The zero-order chi connectivity index (χ0) is 54.7. The maximum absolute atomic E-state index is 13.6. The van der Waals surface area contributed by atoms with Crippen LogP contribution in [0, 0.1) is 16.7 Å². The standard InChI is InChI=1S/C57H84O19/c1-30-49(61)39(65-8)26-46(68-30)75-51-33(4)71-48(28-41(51)67-10)76-52-32(3)70-47(27-40(52)66-9)74-50-31(2)69-45(25-38(50)59)72-37-19-20-53(6)36(24-37)18-21-56(63)42(53)29-43(73-44(60)17-16-35-14-12-11-13-15-35)54(7)55(62,34(5)58)22-23-57(54,56)64/h11-18,30-33,37-43,45-52,59,61-64H,19-29H2,1-10H3/t30?,31?,32?,33?,37-,38?,39?,40?,41?,42+,43+,45?,46?,47?,48?,49?,50?,51?,52?,53-,54+,55+,56-,57+/m0/s1. The minimum absolute atomic E-state index is 0.0615. The lowest BCUT2D eigenvalue weighted by atomic mass is 9.42. The van der Waals surface area contributed by atoms with Crippen LogP contribution in [0.5, 0.6) is 0 Å². The highest BCUT2D eigenvalue weighted by molar-refractivity contribution is 5.88. The van der Waals surface area contributed by atoms with Crippen LogP contribution in [0.1, 0.15) is 125 Å². The Kier molecular flexibility index (Phi) is 17.2. The number of ketones is 1. The third-order valence-electron chi connectivity index (χ3n) is 19.3. The second-order valence-electron chi connectivity index (χ2n) is 23.4. The number of carbonyl (C=O) groups excluding carboxylic acids is 2. The number of rotatable bonds is 15. The van der Waals surface area contributed by atoms with Crippen molar-refractivity contribution in [3.8, 4) is 0 Å². The van der Waals surface area contributed by atoms with Gasteiger partial charge in [-0.15, -0.1) is 0 Å². The van der Waals surface area contributed by atoms with Gasteiger partial charge in [0, 0.05) is 59.0 Å². The van der Waals surface area contributed by atoms with Crippen LogP contribution < -0.4 is 0 Å². The number of fused-ring (bicyclic) bond motifs is 5. The maximum Gasteiger partial charge on any atom is 0.331 e. The predicted octanol–water partition coefficient (Wildman–Crippen LogP) is 4.58. The van der Waals surface area contributed by atoms with Crippen molar-refractivity contribution in [1.29, 1.82) is 0 Å². The molecule has 0 radical (unpaired) electrons. The van der Waals surface area contributed by atoms with Crippen LogP contribution in [0.2, 0.25) is 0 Å². The molecule has 426 valence electrons. The lowest BCUT2D eigenvalue weighted by Gasteiger charge is -2.67. The highest BCUT2D eigenvalue weighted by Crippen LogP contribution is 2.71. The van der Waals surface area contributed by atoms with Crippen molar-refractivity contribution in [1.82, 2.24) is 0 Å². The van der Waals surface area contributed by atoms with E-state index in [0.29, 0.717) is 38.5 Å². The monoisotopic (exact) mass is 1070 g/mol. The first-order valence-corrected chi connectivity index (χ1v) is 27.5. The first-order valence-electron chi connectivity index (χ1n) is 27.5. The Bertz CT molecular complexity index is 2240. The van der Waals surface area contributed by atoms with Crippen molar-refractivity contribution in [2.45, 2.75) is 247 Å². The number of Topliss-reactive ketones (excluding diaryl/α,β-unsaturated/α-hetero) is 1. The van der Waals surface area contributed by atoms with Crippen LogP contribution in [0.4, 0.5) is 0 Å². The molecule has 19 nitrogen and oxygen atoms in total. The molecule has 4 heterocycles. The summed E-state index contributed by atoms with van der Waals surface area (Å²) >= 11 is 0. The second-order valence-corrected chi connectivity index (χ2v) is 23.4. The molecule has 9 rings (SSSR count). The fourth-order valence-corrected chi connectivity index (χ4v) is 14.8.